The minimum atomic E-state index is -0.369. The van der Waals surface area contributed by atoms with E-state index in [1.54, 1.807) is 19.2 Å². The van der Waals surface area contributed by atoms with Crippen LogP contribution in [0.25, 0.3) is 6.08 Å². The monoisotopic (exact) mass is 351 g/mol. The van der Waals surface area contributed by atoms with Crippen LogP contribution in [0.3, 0.4) is 0 Å². The van der Waals surface area contributed by atoms with Crippen molar-refractivity contribution in [3.63, 3.8) is 0 Å². The summed E-state index contributed by atoms with van der Waals surface area (Å²) in [7, 11) is 1.67. The summed E-state index contributed by atoms with van der Waals surface area (Å²) in [6, 6.07) is 8.26. The second-order valence-corrected chi connectivity index (χ2v) is 5.62. The van der Waals surface area contributed by atoms with Crippen molar-refractivity contribution in [2.24, 2.45) is 0 Å². The van der Waals surface area contributed by atoms with Gasteiger partial charge < -0.3 is 9.32 Å². The summed E-state index contributed by atoms with van der Waals surface area (Å²) >= 11 is 3.27. The number of likely N-dealkylation sites (N-methyl/N-ethyl adjacent to an activating group) is 1. The van der Waals surface area contributed by atoms with Crippen molar-refractivity contribution in [2.75, 3.05) is 7.05 Å². The van der Waals surface area contributed by atoms with E-state index in [2.05, 4.69) is 15.9 Å². The van der Waals surface area contributed by atoms with E-state index in [0.29, 0.717) is 17.9 Å². The van der Waals surface area contributed by atoms with Gasteiger partial charge >= 0.3 is 0 Å². The molecule has 21 heavy (non-hydrogen) atoms. The van der Waals surface area contributed by atoms with E-state index < -0.39 is 0 Å². The van der Waals surface area contributed by atoms with Gasteiger partial charge in [0.15, 0.2) is 0 Å². The van der Waals surface area contributed by atoms with Gasteiger partial charge in [-0.25, -0.2) is 4.39 Å². The number of carbonyl (C=O) groups is 1. The molecule has 110 valence electrons. The normalized spacial score (nSPS) is 11.0. The van der Waals surface area contributed by atoms with E-state index in [9.17, 15) is 9.18 Å². The fourth-order valence-corrected chi connectivity index (χ4v) is 2.19. The Hall–Kier alpha value is -1.88. The lowest BCUT2D eigenvalue weighted by molar-refractivity contribution is -0.125. The maximum atomic E-state index is 13.6. The molecule has 0 unspecified atom stereocenters. The van der Waals surface area contributed by atoms with E-state index in [1.807, 2.05) is 19.1 Å². The Morgan fingerprint density at radius 2 is 2.14 bits per heavy atom. The van der Waals surface area contributed by atoms with Crippen molar-refractivity contribution < 1.29 is 13.6 Å². The molecule has 0 saturated carbocycles. The van der Waals surface area contributed by atoms with Crippen molar-refractivity contribution >= 4 is 27.9 Å². The predicted octanol–water partition coefficient (Wildman–Crippen LogP) is 4.16. The second-order valence-electron chi connectivity index (χ2n) is 4.71. The molecular formula is C16H15BrFNO2. The van der Waals surface area contributed by atoms with Crippen LogP contribution in [-0.2, 0) is 11.3 Å². The molecule has 0 atom stereocenters. The number of hydrogen-bond donors (Lipinski definition) is 0. The summed E-state index contributed by atoms with van der Waals surface area (Å²) < 4.78 is 19.7. The van der Waals surface area contributed by atoms with Crippen molar-refractivity contribution in [2.45, 2.75) is 13.5 Å². The van der Waals surface area contributed by atoms with Gasteiger partial charge in [-0.1, -0.05) is 15.9 Å². The number of aryl methyl sites for hydroxylation is 1. The van der Waals surface area contributed by atoms with Crippen LogP contribution in [0.5, 0.6) is 0 Å². The molecule has 5 heteroatoms. The Bertz CT molecular complexity index is 679. The molecular weight excluding hydrogens is 337 g/mol. The zero-order valence-electron chi connectivity index (χ0n) is 11.8. The third-order valence-corrected chi connectivity index (χ3v) is 3.42. The fourth-order valence-electron chi connectivity index (χ4n) is 1.81. The second kappa shape index (κ2) is 6.72. The van der Waals surface area contributed by atoms with Crippen molar-refractivity contribution in [1.82, 2.24) is 4.90 Å². The van der Waals surface area contributed by atoms with Gasteiger partial charge in [0.2, 0.25) is 5.91 Å². The third-order valence-electron chi connectivity index (χ3n) is 2.93. The average molecular weight is 352 g/mol. The van der Waals surface area contributed by atoms with Gasteiger partial charge in [-0.15, -0.1) is 0 Å². The highest BCUT2D eigenvalue weighted by Gasteiger charge is 2.08. The van der Waals surface area contributed by atoms with Gasteiger partial charge in [-0.2, -0.15) is 0 Å². The van der Waals surface area contributed by atoms with Crippen LogP contribution in [0.1, 0.15) is 17.1 Å². The van der Waals surface area contributed by atoms with Crippen LogP contribution in [0.4, 0.5) is 4.39 Å². The number of furan rings is 1. The molecule has 0 aliphatic heterocycles. The van der Waals surface area contributed by atoms with E-state index >= 15 is 0 Å². The Kier molecular flexibility index (Phi) is 4.96. The maximum absolute atomic E-state index is 13.6. The van der Waals surface area contributed by atoms with Crippen LogP contribution in [0.2, 0.25) is 0 Å². The topological polar surface area (TPSA) is 33.5 Å². The van der Waals surface area contributed by atoms with Gasteiger partial charge in [0, 0.05) is 23.2 Å². The zero-order chi connectivity index (χ0) is 15.4. The summed E-state index contributed by atoms with van der Waals surface area (Å²) in [5.74, 6) is 0.929. The molecule has 2 aromatic rings. The summed E-state index contributed by atoms with van der Waals surface area (Å²) in [5, 5.41) is 0. The largest absolute Gasteiger partial charge is 0.464 e. The van der Waals surface area contributed by atoms with Crippen LogP contribution < -0.4 is 0 Å². The summed E-state index contributed by atoms with van der Waals surface area (Å²) in [6.07, 6.45) is 2.81. The van der Waals surface area contributed by atoms with Crippen molar-refractivity contribution in [3.8, 4) is 0 Å². The number of carbonyl (C=O) groups excluding carboxylic acids is 1. The average Bonchev–Trinajstić information content (AvgIpc) is 2.84. The van der Waals surface area contributed by atoms with Crippen LogP contribution in [0.15, 0.2) is 45.3 Å². The molecule has 1 aromatic heterocycles. The Labute approximate surface area is 131 Å². The highest BCUT2D eigenvalue weighted by molar-refractivity contribution is 9.10. The maximum Gasteiger partial charge on any atom is 0.246 e. The number of nitrogens with zero attached hydrogens (tertiary/aromatic N) is 1. The lowest BCUT2D eigenvalue weighted by atomic mass is 10.2. The quantitative estimate of drug-likeness (QED) is 0.775. The molecule has 0 N–H and O–H groups in total. The summed E-state index contributed by atoms with van der Waals surface area (Å²) in [5.41, 5.74) is 0.361. The zero-order valence-corrected chi connectivity index (χ0v) is 13.4. The molecule has 1 heterocycles. The van der Waals surface area contributed by atoms with E-state index in [4.69, 9.17) is 4.42 Å². The molecule has 1 amide bonds. The molecule has 0 fully saturated rings. The number of rotatable bonds is 4. The van der Waals surface area contributed by atoms with Gasteiger partial charge in [-0.05, 0) is 43.3 Å². The Morgan fingerprint density at radius 3 is 2.81 bits per heavy atom. The fraction of sp³-hybridized carbons (Fsp3) is 0.188. The lowest BCUT2D eigenvalue weighted by Gasteiger charge is -2.13. The standard InChI is InChI=1S/C16H15BrFNO2/c1-11-3-6-14(21-11)10-19(2)16(20)8-4-12-9-13(17)5-7-15(12)18/h3-9H,10H2,1-2H3/b8-4+. The highest BCUT2D eigenvalue weighted by atomic mass is 79.9. The molecule has 0 aliphatic carbocycles. The smallest absolute Gasteiger partial charge is 0.246 e. The first kappa shape index (κ1) is 15.5. The first-order valence-electron chi connectivity index (χ1n) is 6.39. The Morgan fingerprint density at radius 1 is 1.38 bits per heavy atom. The predicted molar refractivity (Wildman–Crippen MR) is 83.1 cm³/mol. The molecule has 0 radical (unpaired) electrons. The van der Waals surface area contributed by atoms with Gasteiger partial charge in [-0.3, -0.25) is 4.79 Å². The summed E-state index contributed by atoms with van der Waals surface area (Å²) in [6.45, 7) is 2.22. The van der Waals surface area contributed by atoms with Gasteiger partial charge in [0.1, 0.15) is 17.3 Å². The molecule has 0 spiro atoms. The minimum Gasteiger partial charge on any atom is -0.464 e. The first-order valence-corrected chi connectivity index (χ1v) is 7.18. The highest BCUT2D eigenvalue weighted by Crippen LogP contribution is 2.17. The van der Waals surface area contributed by atoms with Crippen LogP contribution >= 0.6 is 15.9 Å². The van der Waals surface area contributed by atoms with Crippen molar-refractivity contribution in [1.29, 1.82) is 0 Å². The van der Waals surface area contributed by atoms with Crippen LogP contribution in [0, 0.1) is 12.7 Å². The molecule has 0 saturated heterocycles. The van der Waals surface area contributed by atoms with Gasteiger partial charge in [0.05, 0.1) is 6.54 Å². The van der Waals surface area contributed by atoms with Crippen LogP contribution in [-0.4, -0.2) is 17.9 Å². The summed E-state index contributed by atoms with van der Waals surface area (Å²) in [4.78, 5) is 13.5. The number of hydrogen-bond acceptors (Lipinski definition) is 2. The number of halogens is 2. The third kappa shape index (κ3) is 4.29. The molecule has 0 aliphatic rings. The lowest BCUT2D eigenvalue weighted by Crippen LogP contribution is -2.23. The minimum absolute atomic E-state index is 0.219. The van der Waals surface area contributed by atoms with E-state index in [-0.39, 0.29) is 11.7 Å². The first-order chi connectivity index (χ1) is 9.95. The molecule has 3 nitrogen and oxygen atoms in total. The number of benzene rings is 1. The molecule has 0 bridgehead atoms. The van der Waals surface area contributed by atoms with Gasteiger partial charge in [0.25, 0.3) is 0 Å². The molecule has 2 rings (SSSR count). The number of amides is 1. The SMILES string of the molecule is Cc1ccc(CN(C)C(=O)/C=C/c2cc(Br)ccc2F)o1. The Balaban J connectivity index is 2.03. The van der Waals surface area contributed by atoms with E-state index in [1.165, 1.54) is 23.1 Å². The van der Waals surface area contributed by atoms with Crippen molar-refractivity contribution in [3.05, 3.63) is 63.8 Å². The molecule has 1 aromatic carbocycles. The van der Waals surface area contributed by atoms with E-state index in [0.717, 1.165) is 10.2 Å².